The Morgan fingerprint density at radius 1 is 0.688 bits per heavy atom. The number of ether oxygens (including phenoxy) is 3. The van der Waals surface area contributed by atoms with Crippen LogP contribution in [0.2, 0.25) is 0 Å². The van der Waals surface area contributed by atoms with Crippen molar-refractivity contribution in [1.29, 1.82) is 0 Å². The van der Waals surface area contributed by atoms with Crippen molar-refractivity contribution in [2.75, 3.05) is 46.4 Å². The third-order valence-corrected chi connectivity index (χ3v) is 1.66. The number of hydroxylamine groups is 1. The molecule has 0 aromatic carbocycles. The van der Waals surface area contributed by atoms with Crippen molar-refractivity contribution in [3.8, 4) is 0 Å². The Bertz CT molecular complexity index is 111. The minimum atomic E-state index is 0.424. The van der Waals surface area contributed by atoms with Crippen LogP contribution in [0.1, 0.15) is 26.7 Å². The molecule has 0 rings (SSSR count). The monoisotopic (exact) mass is 235 g/mol. The highest BCUT2D eigenvalue weighted by molar-refractivity contribution is 4.32. The van der Waals surface area contributed by atoms with E-state index in [9.17, 15) is 0 Å². The van der Waals surface area contributed by atoms with Crippen LogP contribution in [0.3, 0.4) is 0 Å². The summed E-state index contributed by atoms with van der Waals surface area (Å²) in [5, 5.41) is 0. The first-order valence-electron chi connectivity index (χ1n) is 5.99. The van der Waals surface area contributed by atoms with E-state index in [0.29, 0.717) is 33.2 Å². The Hall–Kier alpha value is -0.200. The highest BCUT2D eigenvalue weighted by atomic mass is 16.7. The van der Waals surface area contributed by atoms with Crippen LogP contribution in [0.5, 0.6) is 0 Å². The second-order valence-electron chi connectivity index (χ2n) is 3.27. The van der Waals surface area contributed by atoms with Crippen molar-refractivity contribution in [2.45, 2.75) is 26.7 Å². The average Bonchev–Trinajstić information content (AvgIpc) is 2.31. The molecule has 0 fully saturated rings. The van der Waals surface area contributed by atoms with Gasteiger partial charge in [-0.25, -0.2) is 0 Å². The summed E-state index contributed by atoms with van der Waals surface area (Å²) >= 11 is 0. The van der Waals surface area contributed by atoms with Gasteiger partial charge in [0.1, 0.15) is 6.73 Å². The van der Waals surface area contributed by atoms with Crippen molar-refractivity contribution in [3.05, 3.63) is 0 Å². The van der Waals surface area contributed by atoms with Crippen LogP contribution >= 0.6 is 0 Å². The number of nitrogens with one attached hydrogen (secondary N) is 1. The van der Waals surface area contributed by atoms with Gasteiger partial charge in [0, 0.05) is 13.2 Å². The molecule has 0 saturated carbocycles. The predicted octanol–water partition coefficient (Wildman–Crippen LogP) is 1.33. The Morgan fingerprint density at radius 3 is 1.94 bits per heavy atom. The van der Waals surface area contributed by atoms with Crippen molar-refractivity contribution in [1.82, 2.24) is 5.48 Å². The highest BCUT2D eigenvalue weighted by Crippen LogP contribution is 1.82. The summed E-state index contributed by atoms with van der Waals surface area (Å²) in [5.74, 6) is 0. The molecule has 5 heteroatoms. The van der Waals surface area contributed by atoms with Gasteiger partial charge in [-0.05, 0) is 12.8 Å². The molecule has 0 saturated heterocycles. The SMILES string of the molecule is CCCOCCOCCONCOCCC. The fourth-order valence-electron chi connectivity index (χ4n) is 0.939. The van der Waals surface area contributed by atoms with E-state index in [2.05, 4.69) is 19.3 Å². The van der Waals surface area contributed by atoms with Crippen LogP contribution in [-0.4, -0.2) is 46.4 Å². The Balaban J connectivity index is 2.83. The average molecular weight is 235 g/mol. The van der Waals surface area contributed by atoms with Gasteiger partial charge in [0.25, 0.3) is 0 Å². The van der Waals surface area contributed by atoms with E-state index in [-0.39, 0.29) is 0 Å². The third kappa shape index (κ3) is 13.8. The van der Waals surface area contributed by atoms with Crippen LogP contribution in [-0.2, 0) is 19.0 Å². The maximum Gasteiger partial charge on any atom is 0.119 e. The normalized spacial score (nSPS) is 10.9. The van der Waals surface area contributed by atoms with E-state index in [4.69, 9.17) is 19.0 Å². The van der Waals surface area contributed by atoms with E-state index in [1.165, 1.54) is 0 Å². The molecule has 16 heavy (non-hydrogen) atoms. The maximum atomic E-state index is 5.28. The summed E-state index contributed by atoms with van der Waals surface area (Å²) in [6.07, 6.45) is 2.06. The summed E-state index contributed by atoms with van der Waals surface area (Å²) in [5.41, 5.74) is 2.70. The van der Waals surface area contributed by atoms with Gasteiger partial charge in [-0.2, -0.15) is 5.48 Å². The minimum Gasteiger partial charge on any atom is -0.379 e. The van der Waals surface area contributed by atoms with Gasteiger partial charge in [-0.3, -0.25) is 4.84 Å². The van der Waals surface area contributed by atoms with Gasteiger partial charge in [0.15, 0.2) is 0 Å². The summed E-state index contributed by atoms with van der Waals surface area (Å²) in [6.45, 7) is 8.48. The van der Waals surface area contributed by atoms with Gasteiger partial charge < -0.3 is 14.2 Å². The molecule has 0 amide bonds. The Labute approximate surface area is 98.3 Å². The summed E-state index contributed by atoms with van der Waals surface area (Å²) in [6, 6.07) is 0. The first-order valence-corrected chi connectivity index (χ1v) is 5.99. The van der Waals surface area contributed by atoms with Gasteiger partial charge >= 0.3 is 0 Å². The summed E-state index contributed by atoms with van der Waals surface area (Å²) in [4.78, 5) is 5.07. The van der Waals surface area contributed by atoms with Crippen molar-refractivity contribution in [3.63, 3.8) is 0 Å². The smallest absolute Gasteiger partial charge is 0.119 e. The molecule has 0 unspecified atom stereocenters. The molecule has 5 nitrogen and oxygen atoms in total. The quantitative estimate of drug-likeness (QED) is 0.296. The van der Waals surface area contributed by atoms with Gasteiger partial charge in [-0.1, -0.05) is 13.8 Å². The van der Waals surface area contributed by atoms with Crippen molar-refractivity contribution < 1.29 is 19.0 Å². The molecule has 0 aliphatic carbocycles. The van der Waals surface area contributed by atoms with Crippen LogP contribution in [0, 0.1) is 0 Å². The van der Waals surface area contributed by atoms with Gasteiger partial charge in [0.05, 0.1) is 26.4 Å². The highest BCUT2D eigenvalue weighted by Gasteiger charge is 1.90. The summed E-state index contributed by atoms with van der Waals surface area (Å²) in [7, 11) is 0. The van der Waals surface area contributed by atoms with Gasteiger partial charge in [-0.15, -0.1) is 0 Å². The molecule has 0 atom stereocenters. The van der Waals surface area contributed by atoms with Crippen LogP contribution in [0.4, 0.5) is 0 Å². The lowest BCUT2D eigenvalue weighted by atomic mass is 10.5. The first-order chi connectivity index (χ1) is 7.91. The number of hydrogen-bond acceptors (Lipinski definition) is 5. The topological polar surface area (TPSA) is 49.0 Å². The van der Waals surface area contributed by atoms with E-state index in [1.807, 2.05) is 0 Å². The molecule has 0 spiro atoms. The first kappa shape index (κ1) is 15.8. The van der Waals surface area contributed by atoms with Crippen LogP contribution in [0.25, 0.3) is 0 Å². The second-order valence-corrected chi connectivity index (χ2v) is 3.27. The molecule has 0 heterocycles. The van der Waals surface area contributed by atoms with E-state index >= 15 is 0 Å². The fourth-order valence-corrected chi connectivity index (χ4v) is 0.939. The van der Waals surface area contributed by atoms with E-state index in [0.717, 1.165) is 26.1 Å². The zero-order valence-corrected chi connectivity index (χ0v) is 10.5. The van der Waals surface area contributed by atoms with Crippen molar-refractivity contribution >= 4 is 0 Å². The zero-order valence-electron chi connectivity index (χ0n) is 10.5. The Kier molecular flexibility index (Phi) is 14.6. The maximum absolute atomic E-state index is 5.28. The molecule has 0 aliphatic heterocycles. The molecule has 0 bridgehead atoms. The van der Waals surface area contributed by atoms with Crippen LogP contribution < -0.4 is 5.48 Å². The minimum absolute atomic E-state index is 0.424. The largest absolute Gasteiger partial charge is 0.379 e. The molecule has 0 aromatic rings. The molecular formula is C11H25NO4. The van der Waals surface area contributed by atoms with Gasteiger partial charge in [0.2, 0.25) is 0 Å². The molecule has 0 radical (unpaired) electrons. The summed E-state index contributed by atoms with van der Waals surface area (Å²) < 4.78 is 15.7. The third-order valence-electron chi connectivity index (χ3n) is 1.66. The second kappa shape index (κ2) is 14.8. The predicted molar refractivity (Wildman–Crippen MR) is 62.1 cm³/mol. The number of rotatable bonds is 13. The van der Waals surface area contributed by atoms with E-state index < -0.39 is 0 Å². The lowest BCUT2D eigenvalue weighted by molar-refractivity contribution is -0.0574. The van der Waals surface area contributed by atoms with E-state index in [1.54, 1.807) is 0 Å². The fraction of sp³-hybridized carbons (Fsp3) is 1.00. The molecule has 0 aliphatic rings. The molecule has 98 valence electrons. The molecule has 0 aromatic heterocycles. The standard InChI is InChI=1S/C11H25NO4/c1-3-5-13-7-8-14-9-10-16-12-11-15-6-4-2/h12H,3-11H2,1-2H3. The van der Waals surface area contributed by atoms with Crippen LogP contribution in [0.15, 0.2) is 0 Å². The Morgan fingerprint density at radius 2 is 1.25 bits per heavy atom. The van der Waals surface area contributed by atoms with Crippen molar-refractivity contribution in [2.24, 2.45) is 0 Å². The molecule has 1 N–H and O–H groups in total. The number of hydrogen-bond donors (Lipinski definition) is 1. The lowest BCUT2D eigenvalue weighted by Crippen LogP contribution is -2.21. The lowest BCUT2D eigenvalue weighted by Gasteiger charge is -2.07. The zero-order chi connectivity index (χ0) is 11.9. The molecular weight excluding hydrogens is 210 g/mol.